The average molecular weight is 485 g/mol. The van der Waals surface area contributed by atoms with Crippen LogP contribution in [0.4, 0.5) is 5.82 Å². The molecule has 0 saturated carbocycles. The van der Waals surface area contributed by atoms with E-state index >= 15 is 0 Å². The number of carbonyl (C=O) groups is 1. The van der Waals surface area contributed by atoms with E-state index in [1.54, 1.807) is 59.9 Å². The number of amides is 1. The zero-order chi connectivity index (χ0) is 24.6. The van der Waals surface area contributed by atoms with Crippen LogP contribution in [0.5, 0.6) is 0 Å². The van der Waals surface area contributed by atoms with Crippen molar-refractivity contribution in [3.05, 3.63) is 77.5 Å². The van der Waals surface area contributed by atoms with Crippen LogP contribution in [0.25, 0.3) is 27.7 Å². The summed E-state index contributed by atoms with van der Waals surface area (Å²) in [4.78, 5) is 34.4. The van der Waals surface area contributed by atoms with Crippen LogP contribution in [0.2, 0.25) is 0 Å². The Kier molecular flexibility index (Phi) is 5.32. The molecule has 3 N–H and O–H groups in total. The number of ether oxygens (including phenoxy) is 1. The van der Waals surface area contributed by atoms with Gasteiger partial charge in [0.25, 0.3) is 11.5 Å². The average Bonchev–Trinajstić information content (AvgIpc) is 3.62. The van der Waals surface area contributed by atoms with Gasteiger partial charge in [0, 0.05) is 24.0 Å². The third kappa shape index (κ3) is 3.81. The van der Waals surface area contributed by atoms with E-state index in [-0.39, 0.29) is 19.0 Å². The van der Waals surface area contributed by atoms with Crippen molar-refractivity contribution in [2.45, 2.75) is 12.2 Å². The molecule has 1 aromatic carbocycles. The molecule has 1 saturated heterocycles. The summed E-state index contributed by atoms with van der Waals surface area (Å²) in [6.45, 7) is 0.426. The van der Waals surface area contributed by atoms with Crippen LogP contribution in [0.15, 0.2) is 66.1 Å². The fourth-order valence-corrected chi connectivity index (χ4v) is 4.12. The van der Waals surface area contributed by atoms with Gasteiger partial charge in [-0.05, 0) is 23.8 Å². The lowest BCUT2D eigenvalue weighted by Gasteiger charge is -2.32. The lowest BCUT2D eigenvalue weighted by Crippen LogP contribution is -2.50. The van der Waals surface area contributed by atoms with Gasteiger partial charge in [0.2, 0.25) is 0 Å². The summed E-state index contributed by atoms with van der Waals surface area (Å²) in [6, 6.07) is 8.64. The SMILES string of the molecule is O=C1C([C@@H](O)c2nc(=O)c3cc(-c4cn[nH]c4)ccc3[nH]2)OCCN1c1ccn(-c2ccnnc2)n1. The number of hydrogen-bond acceptors (Lipinski definition) is 9. The number of morpholine rings is 1. The smallest absolute Gasteiger partial charge is 0.280 e. The fourth-order valence-electron chi connectivity index (χ4n) is 4.12. The van der Waals surface area contributed by atoms with Gasteiger partial charge in [0.1, 0.15) is 11.9 Å². The number of nitrogens with zero attached hydrogens (tertiary/aromatic N) is 7. The topological polar surface area (TPSA) is 168 Å². The number of hydrogen-bond donors (Lipinski definition) is 3. The van der Waals surface area contributed by atoms with Gasteiger partial charge >= 0.3 is 0 Å². The highest BCUT2D eigenvalue weighted by molar-refractivity contribution is 5.97. The Balaban J connectivity index is 1.27. The second-order valence-electron chi connectivity index (χ2n) is 8.12. The highest BCUT2D eigenvalue weighted by Gasteiger charge is 2.38. The number of carbonyl (C=O) groups excluding carboxylic acids is 1. The lowest BCUT2D eigenvalue weighted by atomic mass is 10.1. The number of anilines is 1. The molecule has 180 valence electrons. The molecule has 36 heavy (non-hydrogen) atoms. The zero-order valence-corrected chi connectivity index (χ0v) is 18.6. The Bertz CT molecular complexity index is 1600. The number of aliphatic hydroxyl groups excluding tert-OH is 1. The van der Waals surface area contributed by atoms with Crippen LogP contribution >= 0.6 is 0 Å². The first kappa shape index (κ1) is 21.8. The monoisotopic (exact) mass is 485 g/mol. The van der Waals surface area contributed by atoms with E-state index in [2.05, 4.69) is 35.5 Å². The van der Waals surface area contributed by atoms with E-state index in [1.165, 1.54) is 4.90 Å². The first-order valence-corrected chi connectivity index (χ1v) is 11.1. The molecule has 5 aromatic rings. The Hall–Kier alpha value is -4.75. The number of nitrogens with one attached hydrogen (secondary N) is 2. The van der Waals surface area contributed by atoms with Gasteiger partial charge in [-0.2, -0.15) is 20.3 Å². The first-order valence-electron chi connectivity index (χ1n) is 11.1. The summed E-state index contributed by atoms with van der Waals surface area (Å²) >= 11 is 0. The summed E-state index contributed by atoms with van der Waals surface area (Å²) in [5, 5.41) is 30.0. The number of benzene rings is 1. The number of aromatic nitrogens is 8. The minimum atomic E-state index is -1.49. The highest BCUT2D eigenvalue weighted by atomic mass is 16.5. The molecule has 1 aliphatic rings. The van der Waals surface area contributed by atoms with Crippen molar-refractivity contribution >= 4 is 22.6 Å². The van der Waals surface area contributed by atoms with Crippen molar-refractivity contribution in [1.29, 1.82) is 0 Å². The number of H-pyrrole nitrogens is 2. The van der Waals surface area contributed by atoms with Crippen LogP contribution in [0, 0.1) is 0 Å². The van der Waals surface area contributed by atoms with Gasteiger partial charge in [0.05, 0.1) is 48.3 Å². The van der Waals surface area contributed by atoms with Crippen molar-refractivity contribution < 1.29 is 14.6 Å². The summed E-state index contributed by atoms with van der Waals surface area (Å²) in [5.41, 5.74) is 2.24. The Morgan fingerprint density at radius 3 is 2.83 bits per heavy atom. The molecule has 1 unspecified atom stereocenters. The number of fused-ring (bicyclic) bond motifs is 1. The first-order chi connectivity index (χ1) is 17.6. The second-order valence-corrected chi connectivity index (χ2v) is 8.12. The van der Waals surface area contributed by atoms with Crippen molar-refractivity contribution in [3.8, 4) is 16.8 Å². The van der Waals surface area contributed by atoms with E-state index in [1.807, 2.05) is 6.07 Å². The Morgan fingerprint density at radius 2 is 2.03 bits per heavy atom. The molecule has 0 aliphatic carbocycles. The molecule has 1 amide bonds. The normalized spacial score (nSPS) is 17.0. The minimum absolute atomic E-state index is 0.0582. The van der Waals surface area contributed by atoms with E-state index in [0.717, 1.165) is 11.1 Å². The maximum atomic E-state index is 13.3. The third-order valence-corrected chi connectivity index (χ3v) is 5.94. The Morgan fingerprint density at radius 1 is 1.11 bits per heavy atom. The molecule has 5 heterocycles. The van der Waals surface area contributed by atoms with Crippen LogP contribution in [-0.2, 0) is 9.53 Å². The van der Waals surface area contributed by atoms with E-state index in [0.29, 0.717) is 22.4 Å². The molecule has 2 atom stereocenters. The maximum absolute atomic E-state index is 13.3. The summed E-state index contributed by atoms with van der Waals surface area (Å²) < 4.78 is 7.17. The second kappa shape index (κ2) is 8.79. The van der Waals surface area contributed by atoms with Gasteiger partial charge in [-0.15, -0.1) is 5.10 Å². The number of rotatable bonds is 5. The van der Waals surface area contributed by atoms with Crippen LogP contribution in [-0.4, -0.2) is 70.4 Å². The van der Waals surface area contributed by atoms with E-state index in [4.69, 9.17) is 4.74 Å². The van der Waals surface area contributed by atoms with Gasteiger partial charge in [-0.1, -0.05) is 6.07 Å². The van der Waals surface area contributed by atoms with Crippen LogP contribution in [0.3, 0.4) is 0 Å². The molecule has 1 fully saturated rings. The van der Waals surface area contributed by atoms with Gasteiger partial charge in [-0.25, -0.2) is 4.68 Å². The number of aliphatic hydroxyl groups is 1. The zero-order valence-electron chi connectivity index (χ0n) is 18.6. The summed E-state index contributed by atoms with van der Waals surface area (Å²) in [5.74, 6) is -0.161. The van der Waals surface area contributed by atoms with Crippen molar-refractivity contribution in [2.24, 2.45) is 0 Å². The summed E-state index contributed by atoms with van der Waals surface area (Å²) in [6.07, 6.45) is 5.39. The van der Waals surface area contributed by atoms with Crippen LogP contribution in [0.1, 0.15) is 11.9 Å². The molecular weight excluding hydrogens is 466 g/mol. The van der Waals surface area contributed by atoms with Crippen LogP contribution < -0.4 is 10.5 Å². The molecule has 0 bridgehead atoms. The number of aromatic amines is 2. The molecule has 6 rings (SSSR count). The van der Waals surface area contributed by atoms with E-state index in [9.17, 15) is 14.7 Å². The van der Waals surface area contributed by atoms with Gasteiger partial charge < -0.3 is 14.8 Å². The minimum Gasteiger partial charge on any atom is -0.382 e. The highest BCUT2D eigenvalue weighted by Crippen LogP contribution is 2.26. The standard InChI is InChI=1S/C23H19N9O4/c33-19(21-28-17-2-1-13(14-10-25-26-11-14)9-16(17)22(34)29-21)20-23(35)31(7-8-36-20)18-4-6-32(30-18)15-3-5-24-27-12-15/h1-6,9-12,19-20,33H,7-8H2,(H,25,26)(H,28,29,34)/t19-,20?/m1/s1. The van der Waals surface area contributed by atoms with Crippen molar-refractivity contribution in [1.82, 2.24) is 40.1 Å². The third-order valence-electron chi connectivity index (χ3n) is 5.94. The fraction of sp³-hybridized carbons (Fsp3) is 0.174. The van der Waals surface area contributed by atoms with Crippen molar-refractivity contribution in [2.75, 3.05) is 18.1 Å². The molecular formula is C23H19N9O4. The Labute approximate surface area is 202 Å². The van der Waals surface area contributed by atoms with Crippen molar-refractivity contribution in [3.63, 3.8) is 0 Å². The molecule has 0 spiro atoms. The predicted octanol–water partition coefficient (Wildman–Crippen LogP) is 0.754. The molecule has 13 nitrogen and oxygen atoms in total. The quantitative estimate of drug-likeness (QED) is 0.325. The largest absolute Gasteiger partial charge is 0.382 e. The van der Waals surface area contributed by atoms with Gasteiger partial charge in [0.15, 0.2) is 11.9 Å². The summed E-state index contributed by atoms with van der Waals surface area (Å²) in [7, 11) is 0. The molecule has 13 heteroatoms. The van der Waals surface area contributed by atoms with Gasteiger partial charge in [-0.3, -0.25) is 19.6 Å². The molecule has 4 aromatic heterocycles. The predicted molar refractivity (Wildman–Crippen MR) is 126 cm³/mol. The molecule has 0 radical (unpaired) electrons. The molecule has 1 aliphatic heterocycles. The maximum Gasteiger partial charge on any atom is 0.280 e. The lowest BCUT2D eigenvalue weighted by molar-refractivity contribution is -0.143. The van der Waals surface area contributed by atoms with E-state index < -0.39 is 23.7 Å².